The Balaban J connectivity index is 1.51. The summed E-state index contributed by atoms with van der Waals surface area (Å²) in [5, 5.41) is 12.1. The summed E-state index contributed by atoms with van der Waals surface area (Å²) in [4.78, 5) is 13.1. The van der Waals surface area contributed by atoms with Gasteiger partial charge in [0.25, 0.3) is 0 Å². The number of benzene rings is 2. The number of fused-ring (bicyclic) bond motifs is 3. The number of aromatic nitrogens is 3. The largest absolute Gasteiger partial charge is 0.325 e. The Labute approximate surface area is 153 Å². The molecule has 0 aliphatic heterocycles. The fourth-order valence-electron chi connectivity index (χ4n) is 2.72. The molecule has 0 saturated carbocycles. The summed E-state index contributed by atoms with van der Waals surface area (Å²) in [6.45, 7) is 4.03. The van der Waals surface area contributed by atoms with Crippen molar-refractivity contribution in [3.63, 3.8) is 0 Å². The van der Waals surface area contributed by atoms with E-state index in [0.29, 0.717) is 0 Å². The van der Waals surface area contributed by atoms with E-state index in [2.05, 4.69) is 27.6 Å². The molecule has 0 aliphatic rings. The van der Waals surface area contributed by atoms with Crippen molar-refractivity contribution in [3.05, 3.63) is 53.6 Å². The lowest BCUT2D eigenvalue weighted by molar-refractivity contribution is -0.113. The highest BCUT2D eigenvalue weighted by molar-refractivity contribution is 7.99. The molecule has 1 N–H and O–H groups in total. The summed E-state index contributed by atoms with van der Waals surface area (Å²) in [7, 11) is 0. The van der Waals surface area contributed by atoms with E-state index in [4.69, 9.17) is 0 Å². The average molecular weight is 368 g/mol. The number of carbonyl (C=O) groups excluding carboxylic acids is 1. The predicted octanol–water partition coefficient (Wildman–Crippen LogP) is 4.29. The Bertz CT molecular complexity index is 1080. The van der Waals surface area contributed by atoms with Gasteiger partial charge in [-0.15, -0.1) is 10.2 Å². The SMILES string of the molecule is Cc1ccc(NC(=O)CSc2nnc3sc4ccccc4n23)c(C)c1. The highest BCUT2D eigenvalue weighted by atomic mass is 32.2. The predicted molar refractivity (Wildman–Crippen MR) is 104 cm³/mol. The topological polar surface area (TPSA) is 59.3 Å². The summed E-state index contributed by atoms with van der Waals surface area (Å²) < 4.78 is 3.17. The molecule has 0 spiro atoms. The molecule has 2 aromatic heterocycles. The van der Waals surface area contributed by atoms with Gasteiger partial charge in [-0.2, -0.15) is 0 Å². The number of hydrogen-bond donors (Lipinski definition) is 1. The molecule has 0 bridgehead atoms. The lowest BCUT2D eigenvalue weighted by atomic mass is 10.1. The van der Waals surface area contributed by atoms with E-state index < -0.39 is 0 Å². The Morgan fingerprint density at radius 2 is 2.04 bits per heavy atom. The van der Waals surface area contributed by atoms with Crippen LogP contribution in [0.4, 0.5) is 5.69 Å². The summed E-state index contributed by atoms with van der Waals surface area (Å²) in [6.07, 6.45) is 0. The number of nitrogens with one attached hydrogen (secondary N) is 1. The van der Waals surface area contributed by atoms with Crippen LogP contribution in [0.1, 0.15) is 11.1 Å². The van der Waals surface area contributed by atoms with E-state index in [0.717, 1.165) is 31.6 Å². The number of thioether (sulfide) groups is 1. The minimum atomic E-state index is -0.0479. The molecule has 5 nitrogen and oxygen atoms in total. The quantitative estimate of drug-likeness (QED) is 0.546. The minimum absolute atomic E-state index is 0.0479. The van der Waals surface area contributed by atoms with E-state index >= 15 is 0 Å². The third-order valence-electron chi connectivity index (χ3n) is 3.90. The maximum atomic E-state index is 12.3. The molecule has 2 heterocycles. The average Bonchev–Trinajstić information content (AvgIpc) is 3.15. The Kier molecular flexibility index (Phi) is 4.19. The molecule has 126 valence electrons. The Morgan fingerprint density at radius 1 is 1.20 bits per heavy atom. The first-order valence-corrected chi connectivity index (χ1v) is 9.64. The fraction of sp³-hybridized carbons (Fsp3) is 0.167. The number of carbonyl (C=O) groups is 1. The van der Waals surface area contributed by atoms with Crippen LogP contribution in [0, 0.1) is 13.8 Å². The lowest BCUT2D eigenvalue weighted by Crippen LogP contribution is -2.15. The van der Waals surface area contributed by atoms with Crippen LogP contribution in [0.3, 0.4) is 0 Å². The van der Waals surface area contributed by atoms with Crippen molar-refractivity contribution in [1.29, 1.82) is 0 Å². The second-order valence-corrected chi connectivity index (χ2v) is 7.78. The number of thiazole rings is 1. The van der Waals surface area contributed by atoms with Gasteiger partial charge in [0.2, 0.25) is 10.9 Å². The van der Waals surface area contributed by atoms with E-state index in [-0.39, 0.29) is 11.7 Å². The molecule has 4 aromatic rings. The van der Waals surface area contributed by atoms with Gasteiger partial charge in [0.05, 0.1) is 16.0 Å². The molecule has 0 aliphatic carbocycles. The van der Waals surface area contributed by atoms with E-state index in [9.17, 15) is 4.79 Å². The monoisotopic (exact) mass is 368 g/mol. The van der Waals surface area contributed by atoms with Crippen molar-refractivity contribution in [3.8, 4) is 0 Å². The van der Waals surface area contributed by atoms with Gasteiger partial charge in [-0.3, -0.25) is 9.20 Å². The Hall–Kier alpha value is -2.38. The van der Waals surface area contributed by atoms with E-state index in [1.165, 1.54) is 17.3 Å². The van der Waals surface area contributed by atoms with Crippen molar-refractivity contribution in [2.45, 2.75) is 19.0 Å². The summed E-state index contributed by atoms with van der Waals surface area (Å²) in [5.74, 6) is 0.242. The van der Waals surface area contributed by atoms with Gasteiger partial charge >= 0.3 is 0 Å². The van der Waals surface area contributed by atoms with Crippen molar-refractivity contribution in [2.75, 3.05) is 11.1 Å². The van der Waals surface area contributed by atoms with Crippen molar-refractivity contribution < 1.29 is 4.79 Å². The second kappa shape index (κ2) is 6.50. The van der Waals surface area contributed by atoms with Crippen LogP contribution < -0.4 is 5.32 Å². The van der Waals surface area contributed by atoms with Crippen molar-refractivity contribution in [2.24, 2.45) is 0 Å². The molecule has 0 fully saturated rings. The van der Waals surface area contributed by atoms with Crippen LogP contribution in [-0.4, -0.2) is 26.3 Å². The Morgan fingerprint density at radius 3 is 2.88 bits per heavy atom. The summed E-state index contributed by atoms with van der Waals surface area (Å²) in [5.41, 5.74) is 4.17. The normalized spacial score (nSPS) is 11.3. The van der Waals surface area contributed by atoms with Gasteiger partial charge < -0.3 is 5.32 Å². The molecular formula is C18H16N4OS2. The molecule has 0 unspecified atom stereocenters. The molecule has 0 saturated heterocycles. The van der Waals surface area contributed by atoms with Crippen molar-refractivity contribution >= 4 is 49.9 Å². The van der Waals surface area contributed by atoms with Crippen LogP contribution in [-0.2, 0) is 4.79 Å². The lowest BCUT2D eigenvalue weighted by Gasteiger charge is -2.08. The zero-order chi connectivity index (χ0) is 17.4. The summed E-state index contributed by atoms with van der Waals surface area (Å²) in [6, 6.07) is 14.1. The number of nitrogens with zero attached hydrogens (tertiary/aromatic N) is 3. The highest BCUT2D eigenvalue weighted by Gasteiger charge is 2.14. The van der Waals surface area contributed by atoms with E-state index in [1.807, 2.05) is 48.6 Å². The van der Waals surface area contributed by atoms with Gasteiger partial charge in [-0.05, 0) is 37.6 Å². The van der Waals surface area contributed by atoms with Gasteiger partial charge in [0, 0.05) is 5.69 Å². The first-order valence-electron chi connectivity index (χ1n) is 7.84. The number of amides is 1. The van der Waals surface area contributed by atoms with Gasteiger partial charge in [-0.1, -0.05) is 52.9 Å². The number of anilines is 1. The van der Waals surface area contributed by atoms with Gasteiger partial charge in [0.1, 0.15) is 0 Å². The standard InChI is InChI=1S/C18H16N4OS2/c1-11-7-8-13(12(2)9-11)19-16(23)10-24-17-20-21-18-22(17)14-5-3-4-6-15(14)25-18/h3-9H,10H2,1-2H3,(H,19,23). The molecule has 25 heavy (non-hydrogen) atoms. The summed E-state index contributed by atoms with van der Waals surface area (Å²) >= 11 is 2.99. The van der Waals surface area contributed by atoms with Crippen LogP contribution in [0.5, 0.6) is 0 Å². The van der Waals surface area contributed by atoms with Crippen LogP contribution in [0.15, 0.2) is 47.6 Å². The zero-order valence-corrected chi connectivity index (χ0v) is 15.4. The molecule has 4 rings (SSSR count). The third-order valence-corrected chi connectivity index (χ3v) is 5.84. The third kappa shape index (κ3) is 3.12. The zero-order valence-electron chi connectivity index (χ0n) is 13.8. The first-order chi connectivity index (χ1) is 12.1. The highest BCUT2D eigenvalue weighted by Crippen LogP contribution is 2.29. The number of para-hydroxylation sites is 1. The van der Waals surface area contributed by atoms with Gasteiger partial charge in [-0.25, -0.2) is 0 Å². The number of aryl methyl sites for hydroxylation is 2. The smallest absolute Gasteiger partial charge is 0.234 e. The van der Waals surface area contributed by atoms with Crippen LogP contribution >= 0.6 is 23.1 Å². The number of rotatable bonds is 4. The van der Waals surface area contributed by atoms with Crippen LogP contribution in [0.25, 0.3) is 15.2 Å². The molecular weight excluding hydrogens is 352 g/mol. The fourth-order valence-corrected chi connectivity index (χ4v) is 4.49. The maximum absolute atomic E-state index is 12.3. The second-order valence-electron chi connectivity index (χ2n) is 5.83. The molecule has 0 radical (unpaired) electrons. The first kappa shape index (κ1) is 16.1. The minimum Gasteiger partial charge on any atom is -0.325 e. The van der Waals surface area contributed by atoms with Crippen LogP contribution in [0.2, 0.25) is 0 Å². The molecule has 0 atom stereocenters. The van der Waals surface area contributed by atoms with Gasteiger partial charge in [0.15, 0.2) is 5.16 Å². The van der Waals surface area contributed by atoms with E-state index in [1.54, 1.807) is 11.3 Å². The molecule has 2 aromatic carbocycles. The maximum Gasteiger partial charge on any atom is 0.234 e. The van der Waals surface area contributed by atoms with Crippen molar-refractivity contribution in [1.82, 2.24) is 14.6 Å². The molecule has 1 amide bonds. The molecule has 7 heteroatoms. The number of hydrogen-bond acceptors (Lipinski definition) is 5.